The lowest BCUT2D eigenvalue weighted by atomic mass is 9.96. The highest BCUT2D eigenvalue weighted by molar-refractivity contribution is 7.80. The number of aliphatic carboxylic acids is 4. The van der Waals surface area contributed by atoms with Crippen LogP contribution in [0.25, 0.3) is 0 Å². The fraction of sp³-hybridized carbons (Fsp3) is 0.560. The van der Waals surface area contributed by atoms with Gasteiger partial charge in [-0.1, -0.05) is 64.8 Å². The lowest BCUT2D eigenvalue weighted by Gasteiger charge is -2.32. The van der Waals surface area contributed by atoms with Crippen LogP contribution in [0.3, 0.4) is 0 Å². The fourth-order valence-electron chi connectivity index (χ4n) is 14.3. The fourth-order valence-corrected chi connectivity index (χ4v) is 14.8. The standard InChI is InChI=1S/C84H121N21O31S2/c1-8-37(3)64(101-75(126)56(35-138)99-80(131)66(40(6)107)100-60(112)32-88-68(119)47(85)26-44-31-87-36-89-44)78(129)94-49(27-59(86)111)72(123)103-67(41(7)108)81(132)102-65(38(4)9-2)79(130)96-53(30-63(117)118)83(134)105-23-11-13-58(105)77(128)97-54(33-106)73(124)98-55(34-137)74(125)95-52(25-43-16-20-46(110)21-17-43)82(133)104-22-10-12-57(104)76(127)93-51(29-62(115)116)71(122)92-50(28-61(113)114)70(121)91-48(69(120)90-39(5)84(135)136)24-42-14-18-45(109)19-15-42/h14-21,31,36-41,47-58,64-67,106-110,137-138H,8-13,22-30,32-35,85H2,1-7H3,(H2,86,111)(H,87,89)(H,88,119)(H,90,120)(H,91,121)(H,92,122)(H,93,127)(H,94,129)(H,95,125)(H,96,130)(H,97,128)(H,98,124)(H,99,131)(H,100,112)(H,101,126)(H,102,132)(H,103,123)(H,113,114)(H,115,116)(H,117,118)(H,135,136)/t37-,38-,39-,40+,41+,47-,48-,49-,50-,51-,52-,53-,54-,55-,56-,57-,58-,64-,65-,66-,67-/m0/s1. The first-order valence-electron chi connectivity index (χ1n) is 43.7. The zero-order chi connectivity index (χ0) is 103. The number of carboxylic acid groups (broad SMARTS) is 4. The van der Waals surface area contributed by atoms with Crippen molar-refractivity contribution in [2.45, 2.75) is 247 Å². The van der Waals surface area contributed by atoms with E-state index in [0.717, 1.165) is 30.6 Å². The Morgan fingerprint density at radius 1 is 0.435 bits per heavy atom. The lowest BCUT2D eigenvalue weighted by molar-refractivity contribution is -0.146. The van der Waals surface area contributed by atoms with Crippen LogP contribution in [-0.2, 0) is 125 Å². The van der Waals surface area contributed by atoms with Gasteiger partial charge in [0.1, 0.15) is 108 Å². The Hall–Kier alpha value is -13.9. The molecule has 5 rings (SSSR count). The molecular weight excluding hydrogens is 1860 g/mol. The molecule has 0 bridgehead atoms. The molecule has 3 heterocycles. The van der Waals surface area contributed by atoms with Gasteiger partial charge in [0, 0.05) is 50.1 Å². The number of nitrogens with one attached hydrogen (secondary N) is 16. The Morgan fingerprint density at radius 2 is 0.790 bits per heavy atom. The summed E-state index contributed by atoms with van der Waals surface area (Å²) in [5, 5.41) is 126. The smallest absolute Gasteiger partial charge is 0.325 e. The molecular formula is C84H121N21O31S2. The van der Waals surface area contributed by atoms with Gasteiger partial charge in [0.2, 0.25) is 106 Å². The molecule has 2 aromatic carbocycles. The number of carboxylic acids is 4. The first-order valence-corrected chi connectivity index (χ1v) is 45.0. The summed E-state index contributed by atoms with van der Waals surface area (Å²) in [6, 6.07) is -19.6. The van der Waals surface area contributed by atoms with Crippen LogP contribution < -0.4 is 91.2 Å². The molecule has 2 aliphatic rings. The number of aromatic hydroxyl groups is 2. The van der Waals surface area contributed by atoms with Crippen LogP contribution in [0.4, 0.5) is 0 Å². The molecule has 54 heteroatoms. The molecule has 2 fully saturated rings. The second-order valence-corrected chi connectivity index (χ2v) is 33.8. The summed E-state index contributed by atoms with van der Waals surface area (Å²) in [4.78, 5) is 308. The summed E-state index contributed by atoms with van der Waals surface area (Å²) in [7, 11) is 0. The van der Waals surface area contributed by atoms with E-state index in [4.69, 9.17) is 11.5 Å². The van der Waals surface area contributed by atoms with Gasteiger partial charge in [0.25, 0.3) is 0 Å². The first-order chi connectivity index (χ1) is 65.0. The molecule has 52 nitrogen and oxygen atoms in total. The van der Waals surface area contributed by atoms with Crippen molar-refractivity contribution in [2.75, 3.05) is 37.7 Å². The molecule has 29 N–H and O–H groups in total. The van der Waals surface area contributed by atoms with Crippen LogP contribution in [0.1, 0.15) is 129 Å². The number of aliphatic hydroxyl groups excluding tert-OH is 3. The number of aliphatic hydroxyl groups is 3. The van der Waals surface area contributed by atoms with Crippen molar-refractivity contribution in [1.82, 2.24) is 99.5 Å². The van der Waals surface area contributed by atoms with E-state index in [0.29, 0.717) is 11.3 Å². The van der Waals surface area contributed by atoms with Crippen LogP contribution in [0, 0.1) is 11.8 Å². The summed E-state index contributed by atoms with van der Waals surface area (Å²) < 4.78 is 0. The number of hydrogen-bond donors (Lipinski definition) is 29. The molecule has 0 aliphatic carbocycles. The molecule has 138 heavy (non-hydrogen) atoms. The van der Waals surface area contributed by atoms with Gasteiger partial charge in [-0.2, -0.15) is 25.3 Å². The molecule has 0 saturated carbocycles. The number of rotatable bonds is 56. The van der Waals surface area contributed by atoms with Crippen molar-refractivity contribution >= 4 is 155 Å². The van der Waals surface area contributed by atoms with E-state index in [9.17, 15) is 151 Å². The Bertz CT molecular complexity index is 4850. The van der Waals surface area contributed by atoms with Gasteiger partial charge in [-0.05, 0) is 93.7 Å². The third-order valence-corrected chi connectivity index (χ3v) is 23.1. The van der Waals surface area contributed by atoms with E-state index in [1.807, 2.05) is 0 Å². The number of amides is 18. The van der Waals surface area contributed by atoms with E-state index in [-0.39, 0.29) is 75.1 Å². The predicted molar refractivity (Wildman–Crippen MR) is 484 cm³/mol. The average Bonchev–Trinajstić information content (AvgIpc) is 1.72. The van der Waals surface area contributed by atoms with Gasteiger partial charge in [-0.3, -0.25) is 105 Å². The van der Waals surface area contributed by atoms with Gasteiger partial charge in [-0.25, -0.2) is 4.98 Å². The van der Waals surface area contributed by atoms with Crippen molar-refractivity contribution in [2.24, 2.45) is 23.3 Å². The normalized spacial score (nSPS) is 17.5. The maximum atomic E-state index is 14.9. The van der Waals surface area contributed by atoms with Crippen LogP contribution in [0.5, 0.6) is 11.5 Å². The number of carbonyl (C=O) groups excluding carboxylic acids is 18. The number of nitrogens with zero attached hydrogens (tertiary/aromatic N) is 3. The highest BCUT2D eigenvalue weighted by atomic mass is 32.1. The average molecular weight is 1990 g/mol. The predicted octanol–water partition coefficient (Wildman–Crippen LogP) is -9.83. The van der Waals surface area contributed by atoms with Crippen molar-refractivity contribution < 1.29 is 151 Å². The maximum Gasteiger partial charge on any atom is 0.325 e. The second-order valence-electron chi connectivity index (χ2n) is 33.1. The lowest BCUT2D eigenvalue weighted by Crippen LogP contribution is -2.63. The number of imidazole rings is 1. The summed E-state index contributed by atoms with van der Waals surface area (Å²) >= 11 is 8.39. The van der Waals surface area contributed by atoms with Crippen molar-refractivity contribution in [3.63, 3.8) is 0 Å². The Labute approximate surface area is 800 Å². The first kappa shape index (κ1) is 115. The van der Waals surface area contributed by atoms with Crippen molar-refractivity contribution in [1.29, 1.82) is 0 Å². The van der Waals surface area contributed by atoms with Gasteiger partial charge < -0.3 is 152 Å². The van der Waals surface area contributed by atoms with Gasteiger partial charge in [0.15, 0.2) is 0 Å². The number of primary amides is 1. The number of hydrogen-bond acceptors (Lipinski definition) is 31. The van der Waals surface area contributed by atoms with Crippen LogP contribution >= 0.6 is 25.3 Å². The molecule has 760 valence electrons. The highest BCUT2D eigenvalue weighted by Crippen LogP contribution is 2.25. The number of aromatic amines is 1. The minimum Gasteiger partial charge on any atom is -0.508 e. The molecule has 18 amide bonds. The van der Waals surface area contributed by atoms with E-state index >= 15 is 0 Å². The third kappa shape index (κ3) is 35.7. The summed E-state index contributed by atoms with van der Waals surface area (Å²) in [6.45, 7) is 6.90. The van der Waals surface area contributed by atoms with Crippen LogP contribution in [-0.4, -0.2) is 349 Å². The number of likely N-dealkylation sites (tertiary alicyclic amines) is 2. The molecule has 2 saturated heterocycles. The molecule has 0 radical (unpaired) electrons. The monoisotopic (exact) mass is 1980 g/mol. The molecule has 0 unspecified atom stereocenters. The number of thiol groups is 2. The summed E-state index contributed by atoms with van der Waals surface area (Å²) in [5.41, 5.74) is 12.4. The number of benzene rings is 2. The van der Waals surface area contributed by atoms with Crippen molar-refractivity contribution in [3.05, 3.63) is 77.9 Å². The topological polar surface area (TPSA) is 825 Å². The quantitative estimate of drug-likeness (QED) is 0.0233. The molecule has 2 aliphatic heterocycles. The summed E-state index contributed by atoms with van der Waals surface area (Å²) in [6.07, 6.45) is -6.08. The van der Waals surface area contributed by atoms with Crippen LogP contribution in [0.2, 0.25) is 0 Å². The number of H-pyrrole nitrogens is 1. The second kappa shape index (κ2) is 55.4. The van der Waals surface area contributed by atoms with Gasteiger partial charge >= 0.3 is 23.9 Å². The van der Waals surface area contributed by atoms with E-state index in [1.165, 1.54) is 74.9 Å². The number of phenolic OH excluding ortho intramolecular Hbond substituents is 2. The van der Waals surface area contributed by atoms with Crippen molar-refractivity contribution in [3.8, 4) is 11.5 Å². The Balaban J connectivity index is 1.27. The minimum absolute atomic E-state index is 0.00627. The van der Waals surface area contributed by atoms with E-state index in [1.54, 1.807) is 13.8 Å². The van der Waals surface area contributed by atoms with E-state index in [2.05, 4.69) is 115 Å². The molecule has 21 atom stereocenters. The molecule has 1 aromatic heterocycles. The molecule has 3 aromatic rings. The highest BCUT2D eigenvalue weighted by Gasteiger charge is 2.46. The SMILES string of the molecule is CC[C@H](C)[C@H](NC(=O)[C@H](CS)NC(=O)[C@@H](NC(=O)CNC(=O)[C@@H](N)Cc1c[nH]cn1)[C@@H](C)O)C(=O)N[C@@H](CC(N)=O)C(=O)N[C@H](C(=O)N[C@H](C(=O)N[C@@H](CC(=O)O)C(=O)N1CCC[C@H]1C(=O)N[C@@H](CO)C(=O)N[C@@H](CS)C(=O)N[C@@H](Cc1ccc(O)cc1)C(=O)N1CCC[C@H]1C(=O)N[C@@H](CC(=O)O)C(=O)N[C@@H](CC(=O)O)C(=O)N[C@@H](Cc1ccc(O)cc1)C(=O)N[C@@H](C)C(=O)O)[C@@H](C)CC)[C@@H](C)O. The zero-order valence-corrected chi connectivity index (χ0v) is 78.0. The number of aromatic nitrogens is 2. The Kier molecular flexibility index (Phi) is 46.0. The van der Waals surface area contributed by atoms with Crippen LogP contribution in [0.15, 0.2) is 61.1 Å². The van der Waals surface area contributed by atoms with Gasteiger partial charge in [-0.15, -0.1) is 0 Å². The van der Waals surface area contributed by atoms with Gasteiger partial charge in [0.05, 0.1) is 69.1 Å². The largest absolute Gasteiger partial charge is 0.508 e. The van der Waals surface area contributed by atoms with E-state index < -0.39 is 320 Å². The summed E-state index contributed by atoms with van der Waals surface area (Å²) in [5.74, 6) is -30.8. The molecule has 0 spiro atoms. The maximum absolute atomic E-state index is 14.9. The minimum atomic E-state index is -2.13. The number of carbonyl (C=O) groups is 22. The Morgan fingerprint density at radius 3 is 1.24 bits per heavy atom. The number of phenols is 2. The number of nitrogens with two attached hydrogens (primary N) is 2. The third-order valence-electron chi connectivity index (χ3n) is 22.4. The zero-order valence-electron chi connectivity index (χ0n) is 76.2.